The van der Waals surface area contributed by atoms with Gasteiger partial charge in [-0.2, -0.15) is 0 Å². The number of hydrogen-bond acceptors (Lipinski definition) is 15. The lowest BCUT2D eigenvalue weighted by atomic mass is 10.00. The topological polar surface area (TPSA) is 237 Å². The van der Waals surface area contributed by atoms with Gasteiger partial charge in [0.25, 0.3) is 0 Å². The lowest BCUT2D eigenvalue weighted by Crippen LogP contribution is -2.30. The van der Waals surface area contributed by atoms with E-state index < -0.39 is 97.5 Å². The van der Waals surface area contributed by atoms with Crippen molar-refractivity contribution in [3.63, 3.8) is 0 Å². The zero-order valence-electron chi connectivity index (χ0n) is 58.1. The molecule has 3 N–H and O–H groups in total. The van der Waals surface area contributed by atoms with Crippen LogP contribution < -0.4 is 0 Å². The number of carbonyl (C=O) groups is 4. The molecule has 0 aromatic carbocycles. The van der Waals surface area contributed by atoms with Gasteiger partial charge in [-0.3, -0.25) is 37.3 Å². The van der Waals surface area contributed by atoms with Crippen LogP contribution >= 0.6 is 15.6 Å². The first-order valence-electron chi connectivity index (χ1n) is 36.2. The van der Waals surface area contributed by atoms with Crippen LogP contribution in [-0.2, 0) is 65.4 Å². The summed E-state index contributed by atoms with van der Waals surface area (Å²) in [5.74, 6) is 0.0188. The first-order chi connectivity index (χ1) is 43.3. The van der Waals surface area contributed by atoms with Crippen LogP contribution in [0.5, 0.6) is 0 Å². The van der Waals surface area contributed by atoms with Gasteiger partial charge in [0.2, 0.25) is 0 Å². The van der Waals surface area contributed by atoms with Crippen molar-refractivity contribution < 1.29 is 80.2 Å². The van der Waals surface area contributed by atoms with E-state index in [1.807, 2.05) is 0 Å². The van der Waals surface area contributed by atoms with Gasteiger partial charge in [-0.15, -0.1) is 0 Å². The molecule has 0 aromatic heterocycles. The van der Waals surface area contributed by atoms with Crippen molar-refractivity contribution >= 4 is 39.5 Å². The summed E-state index contributed by atoms with van der Waals surface area (Å²) >= 11 is 0. The molecule has 0 fully saturated rings. The van der Waals surface area contributed by atoms with Crippen molar-refractivity contribution in [2.45, 2.75) is 349 Å². The Bertz CT molecular complexity index is 1860. The quantitative estimate of drug-likeness (QED) is 0.0169. The number of rotatable bonds is 67. The van der Waals surface area contributed by atoms with E-state index in [4.69, 9.17) is 37.0 Å². The second kappa shape index (κ2) is 61.4. The van der Waals surface area contributed by atoms with Gasteiger partial charge < -0.3 is 33.8 Å². The Morgan fingerprint density at radius 2 is 0.656 bits per heavy atom. The molecule has 0 saturated carbocycles. The summed E-state index contributed by atoms with van der Waals surface area (Å²) in [5.41, 5.74) is 0. The smallest absolute Gasteiger partial charge is 0.462 e. The van der Waals surface area contributed by atoms with E-state index in [2.05, 4.69) is 72.8 Å². The second-order valence-electron chi connectivity index (χ2n) is 26.1. The van der Waals surface area contributed by atoms with E-state index in [0.717, 1.165) is 121 Å². The Labute approximate surface area is 548 Å². The number of ether oxygens (including phenoxy) is 4. The Morgan fingerprint density at radius 1 is 0.367 bits per heavy atom. The molecule has 0 bridgehead atoms. The fraction of sp³-hybridized carbons (Fsp3) is 0.887. The number of aliphatic hydroxyl groups excluding tert-OH is 1. The largest absolute Gasteiger partial charge is 0.472 e. The van der Waals surface area contributed by atoms with E-state index in [0.29, 0.717) is 37.5 Å². The molecule has 0 radical (unpaired) electrons. The van der Waals surface area contributed by atoms with Crippen molar-refractivity contribution in [3.8, 4) is 0 Å². The molecule has 19 heteroatoms. The highest BCUT2D eigenvalue weighted by atomic mass is 31.2. The molecule has 0 aliphatic heterocycles. The number of unbranched alkanes of at least 4 members (excludes halogenated alkanes) is 31. The maximum Gasteiger partial charge on any atom is 0.472 e. The molecular weight excluding hydrogens is 1190 g/mol. The van der Waals surface area contributed by atoms with Crippen LogP contribution in [0, 0.1) is 17.8 Å². The zero-order chi connectivity index (χ0) is 66.6. The van der Waals surface area contributed by atoms with Gasteiger partial charge in [0.1, 0.15) is 19.3 Å². The van der Waals surface area contributed by atoms with Crippen LogP contribution in [0.3, 0.4) is 0 Å². The average molecular weight is 1320 g/mol. The Morgan fingerprint density at radius 3 is 0.989 bits per heavy atom. The maximum absolute atomic E-state index is 13.0. The minimum absolute atomic E-state index is 0.0957. The van der Waals surface area contributed by atoms with Crippen molar-refractivity contribution in [2.24, 2.45) is 17.8 Å². The number of aliphatic hydroxyl groups is 1. The molecule has 90 heavy (non-hydrogen) atoms. The summed E-state index contributed by atoms with van der Waals surface area (Å²) in [4.78, 5) is 72.5. The molecule has 0 aliphatic carbocycles. The highest BCUT2D eigenvalue weighted by molar-refractivity contribution is 7.47. The number of hydrogen-bond donors (Lipinski definition) is 3. The van der Waals surface area contributed by atoms with Crippen molar-refractivity contribution in [2.75, 3.05) is 39.6 Å². The standard InChI is InChI=1S/C71H134O17P2/c1-8-10-11-12-13-14-15-16-17-20-23-26-29-38-45-52-68(73)81-58-67(88-71(76)55-48-41-34-32-37-44-51-64(7)9-2)61-86-90(79,80)84-57-65(72)56-83-89(77,78)85-60-66(59-82-69(74)53-46-39-33-31-36-43-50-63(5)6)87-70(75)54-47-40-30-27-24-21-18-19-22-25-28-35-42-49-62(3)4/h14-17,62-67,72H,8-13,18-61H2,1-7H3,(H,77,78)(H,79,80)/b15-14-,17-16-/t64?,65-,66+,67+/m0/s1. The molecule has 0 heterocycles. The SMILES string of the molecule is CCCCCC/C=C\C=C/CCCCCCCC(=O)OC[C@H](COP(=O)(O)OC[C@@H](O)COP(=O)(O)OC[C@@H](COC(=O)CCCCCCCCC(C)C)OC(=O)CCCCCCCCCCCCCCCC(C)C)OC(=O)CCCCCCCCC(C)CC. The maximum atomic E-state index is 13.0. The summed E-state index contributed by atoms with van der Waals surface area (Å²) in [6.07, 6.45) is 48.2. The molecule has 0 rings (SSSR count). The Kier molecular flexibility index (Phi) is 59.7. The van der Waals surface area contributed by atoms with Crippen molar-refractivity contribution in [1.82, 2.24) is 0 Å². The first-order valence-corrected chi connectivity index (χ1v) is 39.2. The third-order valence-corrected chi connectivity index (χ3v) is 18.0. The highest BCUT2D eigenvalue weighted by Crippen LogP contribution is 2.45. The van der Waals surface area contributed by atoms with Crippen LogP contribution in [0.25, 0.3) is 0 Å². The van der Waals surface area contributed by atoms with E-state index in [1.165, 1.54) is 116 Å². The molecule has 0 spiro atoms. The number of esters is 4. The molecule has 530 valence electrons. The number of phosphoric acid groups is 2. The fourth-order valence-electron chi connectivity index (χ4n) is 10.1. The summed E-state index contributed by atoms with van der Waals surface area (Å²) in [5, 5.41) is 10.6. The molecule has 6 atom stereocenters. The van der Waals surface area contributed by atoms with Crippen molar-refractivity contribution in [3.05, 3.63) is 24.3 Å². The third kappa shape index (κ3) is 63.0. The van der Waals surface area contributed by atoms with Gasteiger partial charge >= 0.3 is 39.5 Å². The first kappa shape index (κ1) is 87.5. The second-order valence-corrected chi connectivity index (χ2v) is 29.0. The normalized spacial score (nSPS) is 14.7. The Balaban J connectivity index is 5.24. The lowest BCUT2D eigenvalue weighted by Gasteiger charge is -2.21. The van der Waals surface area contributed by atoms with E-state index >= 15 is 0 Å². The summed E-state index contributed by atoms with van der Waals surface area (Å²) in [6, 6.07) is 0. The Hall–Kier alpha value is -2.46. The van der Waals surface area contributed by atoms with E-state index in [9.17, 15) is 43.2 Å². The summed E-state index contributed by atoms with van der Waals surface area (Å²) in [6.45, 7) is 11.7. The minimum Gasteiger partial charge on any atom is -0.462 e. The molecule has 17 nitrogen and oxygen atoms in total. The van der Waals surface area contributed by atoms with Gasteiger partial charge in [-0.05, 0) is 69.1 Å². The van der Waals surface area contributed by atoms with Crippen molar-refractivity contribution in [1.29, 1.82) is 0 Å². The van der Waals surface area contributed by atoms with Gasteiger partial charge in [-0.1, -0.05) is 278 Å². The molecule has 0 aliphatic rings. The van der Waals surface area contributed by atoms with Crippen LogP contribution in [0.15, 0.2) is 24.3 Å². The zero-order valence-corrected chi connectivity index (χ0v) is 59.9. The number of phosphoric ester groups is 2. The van der Waals surface area contributed by atoms with Crippen LogP contribution in [0.1, 0.15) is 331 Å². The molecule has 0 saturated heterocycles. The number of carbonyl (C=O) groups excluding carboxylic acids is 4. The summed E-state index contributed by atoms with van der Waals surface area (Å²) in [7, 11) is -9.91. The van der Waals surface area contributed by atoms with Crippen LogP contribution in [0.4, 0.5) is 0 Å². The molecule has 0 aromatic rings. The average Bonchev–Trinajstić information content (AvgIpc) is 3.50. The van der Waals surface area contributed by atoms with Gasteiger partial charge in [0, 0.05) is 25.7 Å². The number of allylic oxidation sites excluding steroid dienone is 4. The van der Waals surface area contributed by atoms with E-state index in [-0.39, 0.29) is 25.7 Å². The predicted molar refractivity (Wildman–Crippen MR) is 363 cm³/mol. The van der Waals surface area contributed by atoms with Gasteiger partial charge in [0.05, 0.1) is 26.4 Å². The van der Waals surface area contributed by atoms with Gasteiger partial charge in [-0.25, -0.2) is 9.13 Å². The third-order valence-electron chi connectivity index (χ3n) is 16.1. The molecule has 0 amide bonds. The van der Waals surface area contributed by atoms with Gasteiger partial charge in [0.15, 0.2) is 12.2 Å². The monoisotopic (exact) mass is 1320 g/mol. The van der Waals surface area contributed by atoms with E-state index in [1.54, 1.807) is 0 Å². The van der Waals surface area contributed by atoms with Crippen LogP contribution in [0.2, 0.25) is 0 Å². The summed E-state index contributed by atoms with van der Waals surface area (Å²) < 4.78 is 68.2. The minimum atomic E-state index is -4.96. The molecular formula is C71H134O17P2. The fourth-order valence-corrected chi connectivity index (χ4v) is 11.7. The predicted octanol–water partition coefficient (Wildman–Crippen LogP) is 19.8. The lowest BCUT2D eigenvalue weighted by molar-refractivity contribution is -0.161. The highest BCUT2D eigenvalue weighted by Gasteiger charge is 2.30. The molecule has 3 unspecified atom stereocenters. The van der Waals surface area contributed by atoms with Crippen LogP contribution in [-0.4, -0.2) is 96.7 Å².